The Kier molecular flexibility index (Phi) is 3.83. The van der Waals surface area contributed by atoms with Crippen molar-refractivity contribution in [1.29, 1.82) is 0 Å². The van der Waals surface area contributed by atoms with E-state index in [4.69, 9.17) is 9.47 Å². The molecule has 1 heterocycles. The minimum atomic E-state index is 0.256. The molecule has 1 fully saturated rings. The molecule has 0 amide bonds. The van der Waals surface area contributed by atoms with Crippen molar-refractivity contribution in [3.8, 4) is 11.5 Å². The van der Waals surface area contributed by atoms with Gasteiger partial charge in [-0.25, -0.2) is 0 Å². The van der Waals surface area contributed by atoms with Crippen molar-refractivity contribution in [1.82, 2.24) is 15.5 Å². The Morgan fingerprint density at radius 3 is 2.95 bits per heavy atom. The van der Waals surface area contributed by atoms with Crippen LogP contribution < -0.4 is 14.8 Å². The number of nitrogens with one attached hydrogen (secondary N) is 1. The largest absolute Gasteiger partial charge is 0.493 e. The van der Waals surface area contributed by atoms with Crippen LogP contribution in [0.3, 0.4) is 0 Å². The fourth-order valence-corrected chi connectivity index (χ4v) is 1.89. The Labute approximate surface area is 117 Å². The van der Waals surface area contributed by atoms with Gasteiger partial charge in [0.15, 0.2) is 18.1 Å². The molecule has 106 valence electrons. The van der Waals surface area contributed by atoms with E-state index in [1.54, 1.807) is 7.11 Å². The SMILES string of the molecule is COc1cc(CNC2CC2)ccc1OCc1ncon1. The lowest BCUT2D eigenvalue weighted by atomic mass is 10.2. The van der Waals surface area contributed by atoms with Crippen LogP contribution in [0.4, 0.5) is 0 Å². The summed E-state index contributed by atoms with van der Waals surface area (Å²) in [6.45, 7) is 1.11. The summed E-state index contributed by atoms with van der Waals surface area (Å²) in [6.07, 6.45) is 3.84. The molecule has 0 unspecified atom stereocenters. The zero-order valence-electron chi connectivity index (χ0n) is 11.3. The van der Waals surface area contributed by atoms with E-state index in [0.717, 1.165) is 6.54 Å². The van der Waals surface area contributed by atoms with Crippen LogP contribution in [-0.2, 0) is 13.2 Å². The third kappa shape index (κ3) is 3.27. The molecule has 0 aliphatic heterocycles. The molecule has 3 rings (SSSR count). The van der Waals surface area contributed by atoms with Crippen molar-refractivity contribution in [2.75, 3.05) is 7.11 Å². The average Bonchev–Trinajstić information content (AvgIpc) is 3.17. The molecule has 6 heteroatoms. The van der Waals surface area contributed by atoms with Gasteiger partial charge in [-0.2, -0.15) is 4.98 Å². The normalized spacial score (nSPS) is 14.2. The molecular formula is C14H17N3O3. The smallest absolute Gasteiger partial charge is 0.213 e. The highest BCUT2D eigenvalue weighted by atomic mass is 16.5. The molecule has 1 aromatic heterocycles. The monoisotopic (exact) mass is 275 g/mol. The molecule has 1 N–H and O–H groups in total. The minimum absolute atomic E-state index is 0.256. The Hall–Kier alpha value is -2.08. The topological polar surface area (TPSA) is 69.4 Å². The molecule has 1 aromatic carbocycles. The maximum absolute atomic E-state index is 5.63. The summed E-state index contributed by atoms with van der Waals surface area (Å²) in [5.74, 6) is 1.89. The standard InChI is InChI=1S/C14H17N3O3/c1-18-13-6-10(7-15-11-3-4-11)2-5-12(13)19-8-14-16-9-20-17-14/h2,5-6,9,11,15H,3-4,7-8H2,1H3. The van der Waals surface area contributed by atoms with Gasteiger partial charge in [0, 0.05) is 12.6 Å². The van der Waals surface area contributed by atoms with Gasteiger partial charge in [-0.05, 0) is 30.5 Å². The second kappa shape index (κ2) is 5.92. The number of benzene rings is 1. The van der Waals surface area contributed by atoms with E-state index in [0.29, 0.717) is 23.4 Å². The second-order valence-corrected chi connectivity index (χ2v) is 4.78. The number of nitrogens with zero attached hydrogens (tertiary/aromatic N) is 2. The van der Waals surface area contributed by atoms with Gasteiger partial charge < -0.3 is 19.3 Å². The highest BCUT2D eigenvalue weighted by molar-refractivity contribution is 5.43. The van der Waals surface area contributed by atoms with Crippen LogP contribution in [0.5, 0.6) is 11.5 Å². The summed E-state index contributed by atoms with van der Waals surface area (Å²) in [4.78, 5) is 3.91. The summed E-state index contributed by atoms with van der Waals surface area (Å²) >= 11 is 0. The van der Waals surface area contributed by atoms with Gasteiger partial charge in [-0.3, -0.25) is 0 Å². The Morgan fingerprint density at radius 2 is 2.25 bits per heavy atom. The van der Waals surface area contributed by atoms with Crippen LogP contribution in [0, 0.1) is 0 Å². The van der Waals surface area contributed by atoms with E-state index in [1.165, 1.54) is 24.8 Å². The predicted octanol–water partition coefficient (Wildman–Crippen LogP) is 1.91. The minimum Gasteiger partial charge on any atom is -0.493 e. The molecule has 2 aromatic rings. The van der Waals surface area contributed by atoms with Gasteiger partial charge in [-0.15, -0.1) is 0 Å². The highest BCUT2D eigenvalue weighted by Crippen LogP contribution is 2.29. The number of rotatable bonds is 7. The number of ether oxygens (including phenoxy) is 2. The molecule has 0 spiro atoms. The van der Waals surface area contributed by atoms with E-state index in [1.807, 2.05) is 18.2 Å². The van der Waals surface area contributed by atoms with Crippen molar-refractivity contribution >= 4 is 0 Å². The van der Waals surface area contributed by atoms with E-state index in [2.05, 4.69) is 20.0 Å². The molecule has 1 aliphatic rings. The quantitative estimate of drug-likeness (QED) is 0.832. The Bertz CT molecular complexity index is 553. The van der Waals surface area contributed by atoms with Crippen LogP contribution >= 0.6 is 0 Å². The lowest BCUT2D eigenvalue weighted by molar-refractivity contribution is 0.269. The average molecular weight is 275 g/mol. The van der Waals surface area contributed by atoms with Crippen LogP contribution in [-0.4, -0.2) is 23.3 Å². The van der Waals surface area contributed by atoms with Crippen molar-refractivity contribution in [2.24, 2.45) is 0 Å². The molecule has 0 bridgehead atoms. The summed E-state index contributed by atoms with van der Waals surface area (Å²) in [6, 6.07) is 6.61. The Balaban J connectivity index is 1.63. The second-order valence-electron chi connectivity index (χ2n) is 4.78. The molecule has 1 saturated carbocycles. The first-order valence-corrected chi connectivity index (χ1v) is 6.63. The Morgan fingerprint density at radius 1 is 1.35 bits per heavy atom. The first-order valence-electron chi connectivity index (χ1n) is 6.63. The van der Waals surface area contributed by atoms with Crippen molar-refractivity contribution < 1.29 is 14.0 Å². The molecule has 0 saturated heterocycles. The number of hydrogen-bond donors (Lipinski definition) is 1. The summed E-state index contributed by atoms with van der Waals surface area (Å²) < 4.78 is 15.7. The van der Waals surface area contributed by atoms with Gasteiger partial charge in [0.1, 0.15) is 0 Å². The van der Waals surface area contributed by atoms with E-state index in [-0.39, 0.29) is 6.61 Å². The summed E-state index contributed by atoms with van der Waals surface area (Å²) in [5, 5.41) is 7.17. The molecule has 20 heavy (non-hydrogen) atoms. The fourth-order valence-electron chi connectivity index (χ4n) is 1.89. The van der Waals surface area contributed by atoms with Crippen molar-refractivity contribution in [2.45, 2.75) is 32.0 Å². The van der Waals surface area contributed by atoms with Gasteiger partial charge in [0.25, 0.3) is 0 Å². The van der Waals surface area contributed by atoms with Crippen LogP contribution in [0.15, 0.2) is 29.1 Å². The summed E-state index contributed by atoms with van der Waals surface area (Å²) in [5.41, 5.74) is 1.18. The van der Waals surface area contributed by atoms with E-state index < -0.39 is 0 Å². The third-order valence-electron chi connectivity index (χ3n) is 3.16. The zero-order chi connectivity index (χ0) is 13.8. The lowest BCUT2D eigenvalue weighted by Gasteiger charge is -2.11. The molecule has 0 radical (unpaired) electrons. The van der Waals surface area contributed by atoms with Gasteiger partial charge in [0.05, 0.1) is 7.11 Å². The zero-order valence-corrected chi connectivity index (χ0v) is 11.3. The third-order valence-corrected chi connectivity index (χ3v) is 3.16. The van der Waals surface area contributed by atoms with E-state index in [9.17, 15) is 0 Å². The first-order chi connectivity index (χ1) is 9.85. The maximum atomic E-state index is 5.63. The number of hydrogen-bond acceptors (Lipinski definition) is 6. The number of methoxy groups -OCH3 is 1. The van der Waals surface area contributed by atoms with E-state index >= 15 is 0 Å². The highest BCUT2D eigenvalue weighted by Gasteiger charge is 2.20. The van der Waals surface area contributed by atoms with Crippen molar-refractivity contribution in [3.63, 3.8) is 0 Å². The van der Waals surface area contributed by atoms with Crippen LogP contribution in [0.1, 0.15) is 24.2 Å². The maximum Gasteiger partial charge on any atom is 0.213 e. The van der Waals surface area contributed by atoms with Crippen LogP contribution in [0.2, 0.25) is 0 Å². The molecule has 1 aliphatic carbocycles. The lowest BCUT2D eigenvalue weighted by Crippen LogP contribution is -2.15. The van der Waals surface area contributed by atoms with Crippen LogP contribution in [0.25, 0.3) is 0 Å². The molecule has 6 nitrogen and oxygen atoms in total. The molecule has 0 atom stereocenters. The predicted molar refractivity (Wildman–Crippen MR) is 71.5 cm³/mol. The van der Waals surface area contributed by atoms with Gasteiger partial charge in [0.2, 0.25) is 12.2 Å². The number of aromatic nitrogens is 2. The summed E-state index contributed by atoms with van der Waals surface area (Å²) in [7, 11) is 1.63. The first kappa shape index (κ1) is 12.9. The fraction of sp³-hybridized carbons (Fsp3) is 0.429. The van der Waals surface area contributed by atoms with Gasteiger partial charge >= 0.3 is 0 Å². The van der Waals surface area contributed by atoms with Crippen molar-refractivity contribution in [3.05, 3.63) is 36.0 Å². The molecular weight excluding hydrogens is 258 g/mol. The van der Waals surface area contributed by atoms with Gasteiger partial charge in [-0.1, -0.05) is 11.2 Å².